The molecule has 0 radical (unpaired) electrons. The number of aliphatic carboxylic acids is 1. The van der Waals surface area contributed by atoms with Crippen LogP contribution < -0.4 is 0 Å². The molecule has 1 aliphatic heterocycles. The summed E-state index contributed by atoms with van der Waals surface area (Å²) in [6.07, 6.45) is 9.27. The van der Waals surface area contributed by atoms with Crippen molar-refractivity contribution in [2.45, 2.75) is 63.8 Å². The van der Waals surface area contributed by atoms with Gasteiger partial charge in [-0.15, -0.1) is 0 Å². The van der Waals surface area contributed by atoms with Crippen LogP contribution in [0.4, 0.5) is 0 Å². The van der Waals surface area contributed by atoms with E-state index in [-0.39, 0.29) is 24.3 Å². The second-order valence-corrected chi connectivity index (χ2v) is 7.42. The third kappa shape index (κ3) is 4.25. The van der Waals surface area contributed by atoms with Crippen molar-refractivity contribution in [3.63, 3.8) is 0 Å². The zero-order valence-electron chi connectivity index (χ0n) is 13.9. The van der Waals surface area contributed by atoms with Crippen LogP contribution in [0.2, 0.25) is 0 Å². The van der Waals surface area contributed by atoms with Crippen LogP contribution in [0.25, 0.3) is 0 Å². The minimum Gasteiger partial charge on any atom is -0.481 e. The van der Waals surface area contributed by atoms with Gasteiger partial charge in [-0.05, 0) is 31.1 Å². The number of amides is 1. The summed E-state index contributed by atoms with van der Waals surface area (Å²) in [4.78, 5) is 25.8. The molecule has 2 saturated carbocycles. The molecule has 5 heteroatoms. The molecule has 3 rings (SSSR count). The summed E-state index contributed by atoms with van der Waals surface area (Å²) in [5, 5.41) is 8.99. The van der Waals surface area contributed by atoms with E-state index in [0.717, 1.165) is 25.2 Å². The normalized spacial score (nSPS) is 29.2. The molecule has 3 fully saturated rings. The third-order valence-electron chi connectivity index (χ3n) is 5.89. The highest BCUT2D eigenvalue weighted by molar-refractivity contribution is 5.82. The van der Waals surface area contributed by atoms with Gasteiger partial charge < -0.3 is 14.7 Å². The first-order valence-corrected chi connectivity index (χ1v) is 9.27. The van der Waals surface area contributed by atoms with Gasteiger partial charge in [-0.25, -0.2) is 0 Å². The first-order chi connectivity index (χ1) is 11.2. The summed E-state index contributed by atoms with van der Waals surface area (Å²) in [7, 11) is 0. The van der Waals surface area contributed by atoms with Gasteiger partial charge in [0.25, 0.3) is 0 Å². The van der Waals surface area contributed by atoms with Crippen molar-refractivity contribution in [1.29, 1.82) is 0 Å². The van der Waals surface area contributed by atoms with Crippen LogP contribution in [-0.2, 0) is 14.3 Å². The quantitative estimate of drug-likeness (QED) is 0.816. The molecule has 2 atom stereocenters. The van der Waals surface area contributed by atoms with Crippen molar-refractivity contribution in [3.8, 4) is 0 Å². The minimum absolute atomic E-state index is 0.0455. The lowest BCUT2D eigenvalue weighted by molar-refractivity contribution is -0.141. The Morgan fingerprint density at radius 2 is 1.74 bits per heavy atom. The SMILES string of the molecule is O=C(O)CCN(C(=O)[C@@H]1C[C@@H]1C1CCCCC1)C1CCOCC1. The van der Waals surface area contributed by atoms with Crippen molar-refractivity contribution in [3.05, 3.63) is 0 Å². The van der Waals surface area contributed by atoms with Crippen molar-refractivity contribution >= 4 is 11.9 Å². The van der Waals surface area contributed by atoms with E-state index < -0.39 is 5.97 Å². The molecule has 0 bridgehead atoms. The predicted molar refractivity (Wildman–Crippen MR) is 86.0 cm³/mol. The lowest BCUT2D eigenvalue weighted by Crippen LogP contribution is -2.45. The molecule has 0 unspecified atom stereocenters. The second-order valence-electron chi connectivity index (χ2n) is 7.42. The standard InChI is InChI=1S/C18H29NO4/c20-17(21)6-9-19(14-7-10-23-11-8-14)18(22)16-12-15(16)13-4-2-1-3-5-13/h13-16H,1-12H2,(H,20,21)/t15-,16-/m1/s1. The van der Waals surface area contributed by atoms with Gasteiger partial charge in [0.2, 0.25) is 5.91 Å². The minimum atomic E-state index is -0.825. The number of carboxylic acids is 1. The average molecular weight is 323 g/mol. The Kier molecular flexibility index (Phi) is 5.57. The molecule has 0 aromatic carbocycles. The summed E-state index contributed by atoms with van der Waals surface area (Å²) in [6, 6.07) is 0.170. The Morgan fingerprint density at radius 1 is 1.04 bits per heavy atom. The summed E-state index contributed by atoms with van der Waals surface area (Å²) >= 11 is 0. The number of hydrogen-bond donors (Lipinski definition) is 1. The Labute approximate surface area is 138 Å². The maximum absolute atomic E-state index is 13.0. The van der Waals surface area contributed by atoms with Crippen LogP contribution in [0.1, 0.15) is 57.8 Å². The highest BCUT2D eigenvalue weighted by Gasteiger charge is 2.49. The van der Waals surface area contributed by atoms with Crippen molar-refractivity contribution in [2.24, 2.45) is 17.8 Å². The van der Waals surface area contributed by atoms with Crippen molar-refractivity contribution in [2.75, 3.05) is 19.8 Å². The summed E-state index contributed by atoms with van der Waals surface area (Å²) in [5.41, 5.74) is 0. The van der Waals surface area contributed by atoms with E-state index in [4.69, 9.17) is 9.84 Å². The number of carbonyl (C=O) groups is 2. The predicted octanol–water partition coefficient (Wildman–Crippen LogP) is 2.69. The lowest BCUT2D eigenvalue weighted by Gasteiger charge is -2.34. The Morgan fingerprint density at radius 3 is 2.39 bits per heavy atom. The molecule has 1 N–H and O–H groups in total. The van der Waals surface area contributed by atoms with Gasteiger partial charge in [0, 0.05) is 31.7 Å². The van der Waals surface area contributed by atoms with E-state index in [1.54, 1.807) is 0 Å². The van der Waals surface area contributed by atoms with E-state index in [0.29, 0.717) is 25.7 Å². The molecular formula is C18H29NO4. The Hall–Kier alpha value is -1.10. The van der Waals surface area contributed by atoms with E-state index in [1.165, 1.54) is 32.1 Å². The van der Waals surface area contributed by atoms with Crippen LogP contribution in [0.5, 0.6) is 0 Å². The zero-order valence-corrected chi connectivity index (χ0v) is 13.9. The van der Waals surface area contributed by atoms with E-state index >= 15 is 0 Å². The van der Waals surface area contributed by atoms with E-state index in [1.807, 2.05) is 4.90 Å². The van der Waals surface area contributed by atoms with E-state index in [9.17, 15) is 9.59 Å². The summed E-state index contributed by atoms with van der Waals surface area (Å²) in [6.45, 7) is 1.71. The van der Waals surface area contributed by atoms with Gasteiger partial charge in [-0.1, -0.05) is 32.1 Å². The van der Waals surface area contributed by atoms with Crippen LogP contribution in [0.3, 0.4) is 0 Å². The first kappa shape index (κ1) is 16.7. The van der Waals surface area contributed by atoms with Gasteiger partial charge in [-0.2, -0.15) is 0 Å². The smallest absolute Gasteiger partial charge is 0.305 e. The fraction of sp³-hybridized carbons (Fsp3) is 0.889. The van der Waals surface area contributed by atoms with Gasteiger partial charge in [-0.3, -0.25) is 9.59 Å². The van der Waals surface area contributed by atoms with Crippen molar-refractivity contribution < 1.29 is 19.4 Å². The number of hydrogen-bond acceptors (Lipinski definition) is 3. The van der Waals surface area contributed by atoms with Gasteiger partial charge >= 0.3 is 5.97 Å². The molecule has 23 heavy (non-hydrogen) atoms. The maximum atomic E-state index is 13.0. The molecule has 2 aliphatic carbocycles. The molecular weight excluding hydrogens is 294 g/mol. The highest BCUT2D eigenvalue weighted by atomic mass is 16.5. The monoisotopic (exact) mass is 323 g/mol. The van der Waals surface area contributed by atoms with E-state index in [2.05, 4.69) is 0 Å². The first-order valence-electron chi connectivity index (χ1n) is 9.27. The Balaban J connectivity index is 1.59. The number of ether oxygens (including phenoxy) is 1. The summed E-state index contributed by atoms with van der Waals surface area (Å²) < 4.78 is 5.39. The van der Waals surface area contributed by atoms with Gasteiger partial charge in [0.05, 0.1) is 6.42 Å². The number of nitrogens with zero attached hydrogens (tertiary/aromatic N) is 1. The van der Waals surface area contributed by atoms with Crippen LogP contribution >= 0.6 is 0 Å². The van der Waals surface area contributed by atoms with Crippen LogP contribution in [-0.4, -0.2) is 47.7 Å². The van der Waals surface area contributed by atoms with Crippen LogP contribution in [0.15, 0.2) is 0 Å². The second kappa shape index (κ2) is 7.65. The molecule has 1 heterocycles. The fourth-order valence-electron chi connectivity index (χ4n) is 4.48. The third-order valence-corrected chi connectivity index (χ3v) is 5.89. The Bertz CT molecular complexity index is 427. The molecule has 0 aromatic heterocycles. The molecule has 130 valence electrons. The fourth-order valence-corrected chi connectivity index (χ4v) is 4.48. The molecule has 1 amide bonds. The summed E-state index contributed by atoms with van der Waals surface area (Å²) in [5.74, 6) is 0.849. The average Bonchev–Trinajstić information content (AvgIpc) is 3.37. The topological polar surface area (TPSA) is 66.8 Å². The molecule has 0 spiro atoms. The number of carboxylic acid groups (broad SMARTS) is 1. The molecule has 5 nitrogen and oxygen atoms in total. The number of rotatable bonds is 6. The zero-order chi connectivity index (χ0) is 16.2. The molecule has 1 saturated heterocycles. The lowest BCUT2D eigenvalue weighted by atomic mass is 9.85. The maximum Gasteiger partial charge on any atom is 0.305 e. The molecule has 3 aliphatic rings. The van der Waals surface area contributed by atoms with Crippen molar-refractivity contribution in [1.82, 2.24) is 4.90 Å². The molecule has 0 aromatic rings. The number of carbonyl (C=O) groups excluding carboxylic acids is 1. The largest absolute Gasteiger partial charge is 0.481 e. The van der Waals surface area contributed by atoms with Gasteiger partial charge in [0.15, 0.2) is 0 Å². The highest BCUT2D eigenvalue weighted by Crippen LogP contribution is 2.50. The van der Waals surface area contributed by atoms with Gasteiger partial charge in [0.1, 0.15) is 0 Å². The van der Waals surface area contributed by atoms with Crippen LogP contribution in [0, 0.1) is 17.8 Å².